The van der Waals surface area contributed by atoms with Gasteiger partial charge in [-0.15, -0.1) is 0 Å². The van der Waals surface area contributed by atoms with Gasteiger partial charge < -0.3 is 4.74 Å². The van der Waals surface area contributed by atoms with Crippen molar-refractivity contribution in [1.82, 2.24) is 0 Å². The van der Waals surface area contributed by atoms with Gasteiger partial charge in [0.25, 0.3) is 0 Å². The number of rotatable bonds is 0. The molecule has 0 aromatic rings. The van der Waals surface area contributed by atoms with Crippen LogP contribution in [0.3, 0.4) is 0 Å². The Kier molecular flexibility index (Phi) is 1.40. The molecule has 0 aromatic carbocycles. The molecule has 0 spiro atoms. The molecule has 0 N–H and O–H groups in total. The summed E-state index contributed by atoms with van der Waals surface area (Å²) in [5.41, 5.74) is 0. The molecule has 44 valence electrons. The van der Waals surface area contributed by atoms with Crippen LogP contribution in [-0.4, -0.2) is 26.4 Å². The topological polar surface area (TPSA) is 55.7 Å². The Morgan fingerprint density at radius 3 is 2.75 bits per heavy atom. The molecule has 4 nitrogen and oxygen atoms in total. The summed E-state index contributed by atoms with van der Waals surface area (Å²) < 4.78 is 24.4. The van der Waals surface area contributed by atoms with Crippen molar-refractivity contribution in [3.05, 3.63) is 0 Å². The van der Waals surface area contributed by atoms with Crippen molar-refractivity contribution < 1.29 is 13.2 Å². The van der Waals surface area contributed by atoms with Gasteiger partial charge in [-0.25, -0.2) is 0 Å². The van der Waals surface area contributed by atoms with Crippen LogP contribution in [0.25, 0.3) is 0 Å². The number of hydrogen-bond acceptors (Lipinski definition) is 4. The summed E-state index contributed by atoms with van der Waals surface area (Å²) in [4.78, 5) is 3.51. The highest BCUT2D eigenvalue weighted by Gasteiger charge is 2.01. The van der Waals surface area contributed by atoms with Crippen molar-refractivity contribution in [3.63, 3.8) is 0 Å². The molecule has 5 heteroatoms. The van der Waals surface area contributed by atoms with Crippen LogP contribution in [0, 0.1) is 0 Å². The zero-order valence-corrected chi connectivity index (χ0v) is 4.68. The minimum atomic E-state index is -2.25. The molecule has 8 heavy (non-hydrogen) atoms. The lowest BCUT2D eigenvalue weighted by Crippen LogP contribution is -1.98. The number of ether oxygens (including phenoxy) is 1. The van der Waals surface area contributed by atoms with Crippen LogP contribution in [0.5, 0.6) is 0 Å². The standard InChI is InChI=1S/C3H3NO3S/c5-8(6)3-1-4-2-7-3/h1H,2H2. The fourth-order valence-electron chi connectivity index (χ4n) is 0.341. The highest BCUT2D eigenvalue weighted by Crippen LogP contribution is 1.85. The van der Waals surface area contributed by atoms with E-state index in [0.717, 1.165) is 0 Å². The Morgan fingerprint density at radius 1 is 1.75 bits per heavy atom. The quantitative estimate of drug-likeness (QED) is 0.400. The molecule has 1 heterocycles. The van der Waals surface area contributed by atoms with Gasteiger partial charge in [0.1, 0.15) is 6.73 Å². The molecule has 0 bridgehead atoms. The molecule has 0 radical (unpaired) electrons. The molecular formula is C3H3NO3S. The maximum absolute atomic E-state index is 9.95. The largest absolute Gasteiger partial charge is 0.307 e. The molecule has 0 atom stereocenters. The molecule has 0 aromatic heterocycles. The van der Waals surface area contributed by atoms with Gasteiger partial charge in [-0.1, -0.05) is 0 Å². The third kappa shape index (κ3) is 0.932. The van der Waals surface area contributed by atoms with Crippen LogP contribution in [0.15, 0.2) is 4.99 Å². The molecule has 0 unspecified atom stereocenters. The summed E-state index contributed by atoms with van der Waals surface area (Å²) in [7, 11) is -2.25. The van der Waals surface area contributed by atoms with E-state index in [1.54, 1.807) is 0 Å². The van der Waals surface area contributed by atoms with Crippen molar-refractivity contribution in [3.8, 4) is 0 Å². The predicted octanol–water partition coefficient (Wildman–Crippen LogP) is -0.946. The zero-order chi connectivity index (χ0) is 5.98. The van der Waals surface area contributed by atoms with E-state index >= 15 is 0 Å². The van der Waals surface area contributed by atoms with E-state index in [-0.39, 0.29) is 11.8 Å². The molecule has 1 aliphatic heterocycles. The van der Waals surface area contributed by atoms with Crippen molar-refractivity contribution in [2.75, 3.05) is 6.73 Å². The van der Waals surface area contributed by atoms with Gasteiger partial charge in [-0.2, -0.15) is 8.42 Å². The van der Waals surface area contributed by atoms with Crippen LogP contribution in [-0.2, 0) is 15.0 Å². The molecular weight excluding hydrogens is 130 g/mol. The van der Waals surface area contributed by atoms with Gasteiger partial charge >= 0.3 is 0 Å². The molecule has 0 saturated heterocycles. The second-order valence-electron chi connectivity index (χ2n) is 1.14. The fourth-order valence-corrected chi connectivity index (χ4v) is 0.651. The van der Waals surface area contributed by atoms with E-state index in [9.17, 15) is 8.42 Å². The number of hydrogen-bond donors (Lipinski definition) is 0. The van der Waals surface area contributed by atoms with E-state index in [2.05, 4.69) is 9.73 Å². The maximum atomic E-state index is 9.95. The lowest BCUT2D eigenvalue weighted by molar-refractivity contribution is 0.346. The third-order valence-corrected chi connectivity index (χ3v) is 1.19. The Labute approximate surface area is 47.3 Å². The summed E-state index contributed by atoms with van der Waals surface area (Å²) >= 11 is 0. The first-order valence-electron chi connectivity index (χ1n) is 1.89. The minimum Gasteiger partial charge on any atom is -0.307 e. The summed E-state index contributed by atoms with van der Waals surface area (Å²) in [5, 5.41) is -0.0787. The van der Waals surface area contributed by atoms with Crippen molar-refractivity contribution >= 4 is 21.6 Å². The zero-order valence-electron chi connectivity index (χ0n) is 3.86. The van der Waals surface area contributed by atoms with E-state index in [0.29, 0.717) is 0 Å². The summed E-state index contributed by atoms with van der Waals surface area (Å²) in [6.45, 7) is 0.128. The summed E-state index contributed by atoms with van der Waals surface area (Å²) in [6, 6.07) is 0. The van der Waals surface area contributed by atoms with E-state index in [1.165, 1.54) is 6.21 Å². The van der Waals surface area contributed by atoms with Crippen molar-refractivity contribution in [2.24, 2.45) is 4.99 Å². The van der Waals surface area contributed by atoms with Gasteiger partial charge in [-0.3, -0.25) is 4.99 Å². The maximum Gasteiger partial charge on any atom is 0.246 e. The van der Waals surface area contributed by atoms with Gasteiger partial charge in [0.15, 0.2) is 0 Å². The third-order valence-electron chi connectivity index (χ3n) is 0.642. The van der Waals surface area contributed by atoms with Gasteiger partial charge in [0.2, 0.25) is 15.3 Å². The molecule has 1 aliphatic rings. The Bertz CT molecular complexity index is 229. The van der Waals surface area contributed by atoms with Crippen LogP contribution in [0.1, 0.15) is 0 Å². The highest BCUT2D eigenvalue weighted by atomic mass is 32.2. The second-order valence-corrected chi connectivity index (χ2v) is 2.01. The minimum absolute atomic E-state index is 0.0787. The Balaban J connectivity index is 3.07. The number of nitrogens with zero attached hydrogens (tertiary/aromatic N) is 1. The summed E-state index contributed by atoms with van der Waals surface area (Å²) in [6.07, 6.45) is 1.18. The smallest absolute Gasteiger partial charge is 0.246 e. The van der Waals surface area contributed by atoms with E-state index in [1.807, 2.05) is 0 Å². The van der Waals surface area contributed by atoms with Crippen LogP contribution in [0.4, 0.5) is 0 Å². The number of aliphatic imine (C=N–C) groups is 1. The second kappa shape index (κ2) is 2.06. The predicted molar refractivity (Wildman–Crippen MR) is 28.4 cm³/mol. The van der Waals surface area contributed by atoms with Crippen LogP contribution < -0.4 is 0 Å². The van der Waals surface area contributed by atoms with Crippen molar-refractivity contribution in [2.45, 2.75) is 0 Å². The summed E-state index contributed by atoms with van der Waals surface area (Å²) in [5.74, 6) is 0. The average molecular weight is 133 g/mol. The molecule has 0 fully saturated rings. The van der Waals surface area contributed by atoms with Crippen LogP contribution >= 0.6 is 0 Å². The molecule has 0 aliphatic carbocycles. The molecule has 0 amide bonds. The Morgan fingerprint density at radius 2 is 2.50 bits per heavy atom. The average Bonchev–Trinajstić information content (AvgIpc) is 2.12. The van der Waals surface area contributed by atoms with Gasteiger partial charge in [0, 0.05) is 0 Å². The van der Waals surface area contributed by atoms with Gasteiger partial charge in [0.05, 0.1) is 6.21 Å². The van der Waals surface area contributed by atoms with Crippen molar-refractivity contribution in [1.29, 1.82) is 0 Å². The van der Waals surface area contributed by atoms with Gasteiger partial charge in [-0.05, 0) is 0 Å². The van der Waals surface area contributed by atoms with Crippen LogP contribution in [0.2, 0.25) is 0 Å². The Hall–Kier alpha value is -0.680. The SMILES string of the molecule is O=S(=O)=C1C=NCO1. The normalized spacial score (nSPS) is 17.2. The lowest BCUT2D eigenvalue weighted by Gasteiger charge is -1.78. The first kappa shape index (κ1) is 5.46. The van der Waals surface area contributed by atoms with E-state index < -0.39 is 10.3 Å². The van der Waals surface area contributed by atoms with E-state index in [4.69, 9.17) is 0 Å². The first-order chi connectivity index (χ1) is 3.80. The lowest BCUT2D eigenvalue weighted by atomic mass is 10.8. The monoisotopic (exact) mass is 133 g/mol. The molecule has 0 saturated carbocycles. The fraction of sp³-hybridized carbons (Fsp3) is 0.333. The molecule has 1 rings (SSSR count). The first-order valence-corrected chi connectivity index (χ1v) is 2.97. The highest BCUT2D eigenvalue weighted by molar-refractivity contribution is 7.74.